The van der Waals surface area contributed by atoms with Gasteiger partial charge in [-0.25, -0.2) is 4.39 Å². The number of rotatable bonds is 7. The molecule has 0 heterocycles. The number of carbonyl (C=O) groups is 1. The number of benzene rings is 3. The lowest BCUT2D eigenvalue weighted by molar-refractivity contribution is -0.112. The number of nitrogens with one attached hydrogen (secondary N) is 1. The Hall–Kier alpha value is -2.90. The number of hydrogen-bond acceptors (Lipinski definition) is 4. The van der Waals surface area contributed by atoms with Crippen LogP contribution in [0.4, 0.5) is 10.1 Å². The Bertz CT molecular complexity index is 1220. The second-order valence-corrected chi connectivity index (χ2v) is 8.65. The summed E-state index contributed by atoms with van der Waals surface area (Å²) in [5.74, 6) is -0.128. The summed E-state index contributed by atoms with van der Waals surface area (Å²) < 4.78 is 26.6. The van der Waals surface area contributed by atoms with Crippen LogP contribution in [0.2, 0.25) is 0 Å². The van der Waals surface area contributed by atoms with E-state index in [4.69, 9.17) is 9.47 Å². The summed E-state index contributed by atoms with van der Waals surface area (Å²) in [4.78, 5) is 12.5. The van der Waals surface area contributed by atoms with Crippen LogP contribution in [0.15, 0.2) is 70.7 Å². The quantitative estimate of drug-likeness (QED) is 0.194. The van der Waals surface area contributed by atoms with Crippen molar-refractivity contribution in [2.75, 3.05) is 12.4 Å². The maximum Gasteiger partial charge on any atom is 0.266 e. The molecule has 0 radical (unpaired) electrons. The summed E-state index contributed by atoms with van der Waals surface area (Å²) in [5, 5.41) is 12.2. The number of hydrogen-bond donors (Lipinski definition) is 1. The number of methoxy groups -OCH3 is 1. The predicted molar refractivity (Wildman–Crippen MR) is 133 cm³/mol. The highest BCUT2D eigenvalue weighted by atomic mass is 127. The molecular weight excluding hydrogens is 590 g/mol. The molecule has 0 aliphatic rings. The molecule has 0 saturated heterocycles. The topological polar surface area (TPSA) is 71.3 Å². The zero-order chi connectivity index (χ0) is 23.1. The van der Waals surface area contributed by atoms with Crippen LogP contribution in [0, 0.1) is 20.7 Å². The zero-order valence-electron chi connectivity index (χ0n) is 16.9. The van der Waals surface area contributed by atoms with Crippen molar-refractivity contribution in [2.24, 2.45) is 0 Å². The van der Waals surface area contributed by atoms with E-state index in [1.165, 1.54) is 19.3 Å². The molecule has 3 aromatic carbocycles. The molecule has 0 aromatic heterocycles. The van der Waals surface area contributed by atoms with Gasteiger partial charge >= 0.3 is 0 Å². The smallest absolute Gasteiger partial charge is 0.266 e. The maximum atomic E-state index is 13.9. The van der Waals surface area contributed by atoms with Gasteiger partial charge in [-0.3, -0.25) is 4.79 Å². The molecule has 0 aliphatic carbocycles. The van der Waals surface area contributed by atoms with Crippen LogP contribution in [0.1, 0.15) is 11.1 Å². The van der Waals surface area contributed by atoms with Crippen molar-refractivity contribution in [1.29, 1.82) is 5.26 Å². The standard InChI is InChI=1S/C24H17BrFIN2O3/c1-31-22-11-15(9-17(13-28)24(30)29-19-7-4-6-18(27)12-19)10-20(25)23(22)32-14-16-5-2-3-8-21(16)26/h2-12H,14H2,1H3,(H,29,30)/b17-9+. The Balaban J connectivity index is 1.83. The molecule has 0 saturated carbocycles. The third-order valence-electron chi connectivity index (χ3n) is 4.34. The lowest BCUT2D eigenvalue weighted by atomic mass is 10.1. The lowest BCUT2D eigenvalue weighted by Crippen LogP contribution is -2.13. The van der Waals surface area contributed by atoms with Crippen LogP contribution < -0.4 is 14.8 Å². The molecule has 0 spiro atoms. The summed E-state index contributed by atoms with van der Waals surface area (Å²) >= 11 is 5.57. The number of halogens is 3. The van der Waals surface area contributed by atoms with E-state index < -0.39 is 5.91 Å². The van der Waals surface area contributed by atoms with Gasteiger partial charge in [0.15, 0.2) is 11.5 Å². The minimum Gasteiger partial charge on any atom is -0.493 e. The minimum absolute atomic E-state index is 0.0124. The van der Waals surface area contributed by atoms with Gasteiger partial charge in [-0.15, -0.1) is 0 Å². The van der Waals surface area contributed by atoms with Crippen molar-refractivity contribution in [3.8, 4) is 17.6 Å². The third kappa shape index (κ3) is 6.08. The van der Waals surface area contributed by atoms with Crippen LogP contribution >= 0.6 is 38.5 Å². The van der Waals surface area contributed by atoms with E-state index in [0.717, 1.165) is 3.57 Å². The van der Waals surface area contributed by atoms with Gasteiger partial charge in [0.1, 0.15) is 24.1 Å². The highest BCUT2D eigenvalue weighted by molar-refractivity contribution is 14.1. The Kier molecular flexibility index (Phi) is 8.25. The van der Waals surface area contributed by atoms with Crippen molar-refractivity contribution in [3.05, 3.63) is 91.2 Å². The average molecular weight is 607 g/mol. The van der Waals surface area contributed by atoms with E-state index in [2.05, 4.69) is 43.8 Å². The molecule has 8 heteroatoms. The van der Waals surface area contributed by atoms with Gasteiger partial charge in [-0.05, 0) is 86.6 Å². The van der Waals surface area contributed by atoms with Gasteiger partial charge in [0.05, 0.1) is 11.6 Å². The fourth-order valence-corrected chi connectivity index (χ4v) is 3.93. The first kappa shape index (κ1) is 23.8. The van der Waals surface area contributed by atoms with Crippen molar-refractivity contribution < 1.29 is 18.7 Å². The summed E-state index contributed by atoms with van der Waals surface area (Å²) in [6.45, 7) is 0.0124. The van der Waals surface area contributed by atoms with Gasteiger partial charge in [0.25, 0.3) is 5.91 Å². The number of nitrogens with zero attached hydrogens (tertiary/aromatic N) is 1. The number of amides is 1. The molecule has 3 rings (SSSR count). The van der Waals surface area contributed by atoms with E-state index in [1.54, 1.807) is 42.5 Å². The van der Waals surface area contributed by atoms with Crippen molar-refractivity contribution in [3.63, 3.8) is 0 Å². The van der Waals surface area contributed by atoms with Crippen LogP contribution in [0.25, 0.3) is 6.08 Å². The summed E-state index contributed by atoms with van der Waals surface area (Å²) in [5.41, 5.74) is 1.49. The molecule has 5 nitrogen and oxygen atoms in total. The fraction of sp³-hybridized carbons (Fsp3) is 0.0833. The number of carbonyl (C=O) groups excluding carboxylic acids is 1. The Morgan fingerprint density at radius 2 is 2.00 bits per heavy atom. The summed E-state index contributed by atoms with van der Waals surface area (Å²) in [7, 11) is 1.47. The van der Waals surface area contributed by atoms with Gasteiger partial charge in [-0.2, -0.15) is 5.26 Å². The van der Waals surface area contributed by atoms with Gasteiger partial charge < -0.3 is 14.8 Å². The maximum absolute atomic E-state index is 13.9. The minimum atomic E-state index is -0.524. The second kappa shape index (κ2) is 11.1. The molecule has 0 atom stereocenters. The first-order valence-electron chi connectivity index (χ1n) is 9.33. The molecule has 0 aliphatic heterocycles. The summed E-state index contributed by atoms with van der Waals surface area (Å²) in [6.07, 6.45) is 1.46. The van der Waals surface area contributed by atoms with E-state index in [9.17, 15) is 14.4 Å². The highest BCUT2D eigenvalue weighted by Crippen LogP contribution is 2.38. The molecular formula is C24H17BrFIN2O3. The number of anilines is 1. The van der Waals surface area contributed by atoms with Crippen molar-refractivity contribution in [1.82, 2.24) is 0 Å². The first-order chi connectivity index (χ1) is 15.4. The van der Waals surface area contributed by atoms with Gasteiger partial charge in [-0.1, -0.05) is 24.3 Å². The monoisotopic (exact) mass is 606 g/mol. The predicted octanol–water partition coefficient (Wildman–Crippen LogP) is 6.33. The van der Waals surface area contributed by atoms with Crippen LogP contribution in [0.5, 0.6) is 11.5 Å². The zero-order valence-corrected chi connectivity index (χ0v) is 20.6. The van der Waals surface area contributed by atoms with Crippen LogP contribution in [-0.2, 0) is 11.4 Å². The second-order valence-electron chi connectivity index (χ2n) is 6.55. The molecule has 1 N–H and O–H groups in total. The first-order valence-corrected chi connectivity index (χ1v) is 11.2. The average Bonchev–Trinajstić information content (AvgIpc) is 2.77. The third-order valence-corrected chi connectivity index (χ3v) is 5.60. The van der Waals surface area contributed by atoms with Crippen LogP contribution in [-0.4, -0.2) is 13.0 Å². The van der Waals surface area contributed by atoms with E-state index in [-0.39, 0.29) is 18.0 Å². The number of ether oxygens (including phenoxy) is 2. The Morgan fingerprint density at radius 3 is 2.69 bits per heavy atom. The molecule has 162 valence electrons. The Morgan fingerprint density at radius 1 is 1.22 bits per heavy atom. The highest BCUT2D eigenvalue weighted by Gasteiger charge is 2.15. The lowest BCUT2D eigenvalue weighted by Gasteiger charge is -2.14. The molecule has 0 bridgehead atoms. The largest absolute Gasteiger partial charge is 0.493 e. The van der Waals surface area contributed by atoms with Crippen molar-refractivity contribution >= 4 is 56.2 Å². The molecule has 0 fully saturated rings. The molecule has 3 aromatic rings. The van der Waals surface area contributed by atoms with E-state index in [1.807, 2.05) is 18.2 Å². The molecule has 0 unspecified atom stereocenters. The van der Waals surface area contributed by atoms with Crippen LogP contribution in [0.3, 0.4) is 0 Å². The van der Waals surface area contributed by atoms with Crippen molar-refractivity contribution in [2.45, 2.75) is 6.61 Å². The summed E-state index contributed by atoms with van der Waals surface area (Å²) in [6, 6.07) is 18.9. The van der Waals surface area contributed by atoms with Gasteiger partial charge in [0, 0.05) is 14.8 Å². The molecule has 32 heavy (non-hydrogen) atoms. The van der Waals surface area contributed by atoms with E-state index in [0.29, 0.717) is 32.8 Å². The Labute approximate surface area is 207 Å². The molecule has 1 amide bonds. The normalized spacial score (nSPS) is 10.9. The number of nitriles is 1. The van der Waals surface area contributed by atoms with Gasteiger partial charge in [0.2, 0.25) is 0 Å². The van der Waals surface area contributed by atoms with E-state index >= 15 is 0 Å². The fourth-order valence-electron chi connectivity index (χ4n) is 2.81. The SMILES string of the molecule is COc1cc(/C=C(\C#N)C(=O)Nc2cccc(I)c2)cc(Br)c1OCc1ccccc1F.